The fourth-order valence-electron chi connectivity index (χ4n) is 3.93. The molecule has 1 saturated heterocycles. The zero-order chi connectivity index (χ0) is 21.3. The molecule has 4 rings (SSSR count). The number of hydrogen-bond acceptors (Lipinski definition) is 4. The van der Waals surface area contributed by atoms with E-state index in [0.717, 1.165) is 53.9 Å². The predicted octanol–water partition coefficient (Wildman–Crippen LogP) is 4.94. The Balaban J connectivity index is 1.58. The zero-order valence-corrected chi connectivity index (χ0v) is 17.0. The van der Waals surface area contributed by atoms with Crippen LogP contribution >= 0.6 is 0 Å². The van der Waals surface area contributed by atoms with Gasteiger partial charge in [-0.2, -0.15) is 0 Å². The molecule has 4 nitrogen and oxygen atoms in total. The van der Waals surface area contributed by atoms with Crippen LogP contribution in [0.25, 0.3) is 11.3 Å². The number of likely N-dealkylation sites (tertiary alicyclic amines) is 1. The molecule has 2 aliphatic heterocycles. The van der Waals surface area contributed by atoms with Gasteiger partial charge >= 0.3 is 0 Å². The summed E-state index contributed by atoms with van der Waals surface area (Å²) in [7, 11) is 1.95. The lowest BCUT2D eigenvalue weighted by molar-refractivity contribution is 0.275. The number of allylic oxidation sites excluding steroid dienone is 1. The van der Waals surface area contributed by atoms with Crippen LogP contribution in [0.2, 0.25) is 0 Å². The van der Waals surface area contributed by atoms with Crippen molar-refractivity contribution >= 4 is 17.2 Å². The molecule has 30 heavy (non-hydrogen) atoms. The van der Waals surface area contributed by atoms with Gasteiger partial charge in [0.15, 0.2) is 11.6 Å². The summed E-state index contributed by atoms with van der Waals surface area (Å²) >= 11 is 0. The molecule has 1 aromatic heterocycles. The van der Waals surface area contributed by atoms with E-state index < -0.39 is 11.6 Å². The Morgan fingerprint density at radius 1 is 1.13 bits per heavy atom. The van der Waals surface area contributed by atoms with Crippen molar-refractivity contribution in [2.24, 2.45) is 10.9 Å². The quantitative estimate of drug-likeness (QED) is 0.724. The molecule has 1 fully saturated rings. The Morgan fingerprint density at radius 2 is 1.90 bits per heavy atom. The van der Waals surface area contributed by atoms with Crippen LogP contribution in [-0.4, -0.2) is 40.9 Å². The highest BCUT2D eigenvalue weighted by Crippen LogP contribution is 2.32. The Labute approximate surface area is 175 Å². The number of piperidine rings is 1. The molecular weight excluding hydrogens is 382 g/mol. The number of guanidine groups is 1. The first-order chi connectivity index (χ1) is 14.4. The van der Waals surface area contributed by atoms with Crippen LogP contribution in [0.3, 0.4) is 0 Å². The molecule has 0 saturated carbocycles. The van der Waals surface area contributed by atoms with Gasteiger partial charge in [-0.3, -0.25) is 4.98 Å². The van der Waals surface area contributed by atoms with Crippen molar-refractivity contribution in [3.63, 3.8) is 0 Å². The van der Waals surface area contributed by atoms with Gasteiger partial charge in [0.1, 0.15) is 0 Å². The van der Waals surface area contributed by atoms with Crippen molar-refractivity contribution in [1.82, 2.24) is 14.8 Å². The van der Waals surface area contributed by atoms with Crippen LogP contribution in [0.4, 0.5) is 8.78 Å². The number of rotatable bonds is 3. The average Bonchev–Trinajstić information content (AvgIpc) is 2.77. The number of hydrogen-bond donors (Lipinski definition) is 0. The number of benzene rings is 1. The Hall–Kier alpha value is -3.28. The molecule has 0 N–H and O–H groups in total. The summed E-state index contributed by atoms with van der Waals surface area (Å²) in [6.45, 7) is 9.93. The van der Waals surface area contributed by atoms with Crippen LogP contribution in [0.15, 0.2) is 72.6 Å². The van der Waals surface area contributed by atoms with E-state index >= 15 is 0 Å². The maximum atomic E-state index is 13.7. The van der Waals surface area contributed by atoms with Crippen molar-refractivity contribution in [2.75, 3.05) is 20.1 Å². The van der Waals surface area contributed by atoms with E-state index in [9.17, 15) is 8.78 Å². The van der Waals surface area contributed by atoms with E-state index in [1.807, 2.05) is 30.2 Å². The predicted molar refractivity (Wildman–Crippen MR) is 116 cm³/mol. The first-order valence-electron chi connectivity index (χ1n) is 9.96. The summed E-state index contributed by atoms with van der Waals surface area (Å²) < 4.78 is 27.0. The minimum atomic E-state index is -0.846. The van der Waals surface area contributed by atoms with E-state index in [1.54, 1.807) is 18.5 Å². The van der Waals surface area contributed by atoms with Gasteiger partial charge in [0, 0.05) is 49.7 Å². The van der Waals surface area contributed by atoms with E-state index in [0.29, 0.717) is 12.1 Å². The van der Waals surface area contributed by atoms with Crippen LogP contribution < -0.4 is 0 Å². The van der Waals surface area contributed by atoms with Crippen molar-refractivity contribution in [2.45, 2.75) is 12.8 Å². The fourth-order valence-corrected chi connectivity index (χ4v) is 3.93. The van der Waals surface area contributed by atoms with E-state index in [-0.39, 0.29) is 5.92 Å². The Kier molecular flexibility index (Phi) is 5.48. The van der Waals surface area contributed by atoms with E-state index in [4.69, 9.17) is 4.99 Å². The standard InChI is InChI=1S/C24H24F2N4/c1-16-13-23(18-8-10-27-11-9-18)28-24(29(16)3)30-12-4-5-20(15-30)17(2)19-6-7-21(25)22(26)14-19/h6-11,13-14,20H,1-2,4-5,12,15H2,3H3. The number of aliphatic imine (C=N–C) groups is 1. The third-order valence-corrected chi connectivity index (χ3v) is 5.72. The molecule has 0 amide bonds. The summed E-state index contributed by atoms with van der Waals surface area (Å²) in [5.41, 5.74) is 4.14. The molecular formula is C24H24F2N4. The highest BCUT2D eigenvalue weighted by Gasteiger charge is 2.29. The Bertz CT molecular complexity index is 1040. The molecule has 0 bridgehead atoms. The SMILES string of the molecule is C=C(c1ccc(F)c(F)c1)C1CCCN(C2=NC(c3ccncc3)=CC(=C)N2C)C1. The van der Waals surface area contributed by atoms with Gasteiger partial charge in [-0.1, -0.05) is 19.2 Å². The van der Waals surface area contributed by atoms with Crippen molar-refractivity contribution < 1.29 is 8.78 Å². The Morgan fingerprint density at radius 3 is 2.63 bits per heavy atom. The second-order valence-electron chi connectivity index (χ2n) is 7.67. The first kappa shape index (κ1) is 20.0. The highest BCUT2D eigenvalue weighted by atomic mass is 19.2. The molecule has 0 aliphatic carbocycles. The van der Waals surface area contributed by atoms with Gasteiger partial charge in [0.05, 0.1) is 5.70 Å². The van der Waals surface area contributed by atoms with Crippen molar-refractivity contribution in [1.29, 1.82) is 0 Å². The molecule has 0 spiro atoms. The van der Waals surface area contributed by atoms with Gasteiger partial charge in [-0.05, 0) is 54.3 Å². The van der Waals surface area contributed by atoms with E-state index in [2.05, 4.69) is 23.0 Å². The second-order valence-corrected chi connectivity index (χ2v) is 7.67. The highest BCUT2D eigenvalue weighted by molar-refractivity contribution is 5.91. The molecule has 2 aliphatic rings. The minimum Gasteiger partial charge on any atom is -0.342 e. The lowest BCUT2D eigenvalue weighted by Crippen LogP contribution is -2.47. The topological polar surface area (TPSA) is 31.7 Å². The monoisotopic (exact) mass is 406 g/mol. The van der Waals surface area contributed by atoms with Crippen LogP contribution in [0.5, 0.6) is 0 Å². The molecule has 1 aromatic carbocycles. The smallest absolute Gasteiger partial charge is 0.206 e. The van der Waals surface area contributed by atoms with Crippen molar-refractivity contribution in [3.8, 4) is 0 Å². The van der Waals surface area contributed by atoms with Gasteiger partial charge < -0.3 is 9.80 Å². The van der Waals surface area contributed by atoms with Crippen LogP contribution in [0.1, 0.15) is 24.0 Å². The fraction of sp³-hybridized carbons (Fsp3) is 0.250. The van der Waals surface area contributed by atoms with Gasteiger partial charge in [0.25, 0.3) is 0 Å². The van der Waals surface area contributed by atoms with Gasteiger partial charge in [-0.25, -0.2) is 13.8 Å². The van der Waals surface area contributed by atoms with Crippen LogP contribution in [-0.2, 0) is 0 Å². The summed E-state index contributed by atoms with van der Waals surface area (Å²) in [6, 6.07) is 7.83. The summed E-state index contributed by atoms with van der Waals surface area (Å²) in [5.74, 6) is -0.731. The number of likely N-dealkylation sites (N-methyl/N-ethyl adjacent to an activating group) is 1. The third-order valence-electron chi connectivity index (χ3n) is 5.72. The number of pyridine rings is 1. The average molecular weight is 406 g/mol. The first-order valence-corrected chi connectivity index (χ1v) is 9.96. The molecule has 2 aromatic rings. The minimum absolute atomic E-state index is 0.128. The molecule has 154 valence electrons. The van der Waals surface area contributed by atoms with Gasteiger partial charge in [0.2, 0.25) is 5.96 Å². The molecule has 1 unspecified atom stereocenters. The largest absolute Gasteiger partial charge is 0.342 e. The molecule has 3 heterocycles. The second kappa shape index (κ2) is 8.22. The number of halogens is 2. The molecule has 6 heteroatoms. The maximum Gasteiger partial charge on any atom is 0.206 e. The maximum absolute atomic E-state index is 13.7. The van der Waals surface area contributed by atoms with Crippen LogP contribution in [0, 0.1) is 17.6 Å². The van der Waals surface area contributed by atoms with E-state index in [1.165, 1.54) is 6.07 Å². The number of nitrogens with zero attached hydrogens (tertiary/aromatic N) is 4. The lowest BCUT2D eigenvalue weighted by atomic mass is 9.87. The lowest BCUT2D eigenvalue weighted by Gasteiger charge is -2.40. The molecule has 0 radical (unpaired) electrons. The third kappa shape index (κ3) is 3.90. The molecule has 1 atom stereocenters. The zero-order valence-electron chi connectivity index (χ0n) is 17.0. The summed E-state index contributed by atoms with van der Waals surface area (Å²) in [4.78, 5) is 13.2. The summed E-state index contributed by atoms with van der Waals surface area (Å²) in [6.07, 6.45) is 7.35. The van der Waals surface area contributed by atoms with Gasteiger partial charge in [-0.15, -0.1) is 0 Å². The summed E-state index contributed by atoms with van der Waals surface area (Å²) in [5, 5.41) is 0. The number of aromatic nitrogens is 1. The van der Waals surface area contributed by atoms with Crippen molar-refractivity contribution in [3.05, 3.63) is 90.4 Å². The normalized spacial score (nSPS) is 19.4.